The molecule has 0 aliphatic rings. The molecule has 0 bridgehead atoms. The molecule has 34 heavy (non-hydrogen) atoms. The maximum Gasteiger partial charge on any atom is 0.270 e. The number of nitro benzene ring substituents is 1. The zero-order valence-electron chi connectivity index (χ0n) is 19.0. The molecule has 11 heteroatoms. The number of hydrogen-bond donors (Lipinski definition) is 2. The van der Waals surface area contributed by atoms with Crippen LogP contribution < -0.4 is 10.2 Å². The third kappa shape index (κ3) is 7.56. The highest BCUT2D eigenvalue weighted by Gasteiger charge is 2.10. The van der Waals surface area contributed by atoms with Crippen molar-refractivity contribution in [3.63, 3.8) is 0 Å². The molecule has 3 rings (SSSR count). The van der Waals surface area contributed by atoms with Gasteiger partial charge < -0.3 is 15.3 Å². The number of carbonyl (C=O) groups is 1. The Morgan fingerprint density at radius 3 is 2.65 bits per heavy atom. The quantitative estimate of drug-likeness (QED) is 0.150. The summed E-state index contributed by atoms with van der Waals surface area (Å²) in [4.78, 5) is 28.8. The molecule has 0 radical (unpaired) electrons. The van der Waals surface area contributed by atoms with Crippen molar-refractivity contribution in [2.75, 3.05) is 31.6 Å². The lowest BCUT2D eigenvalue weighted by molar-refractivity contribution is -0.384. The fourth-order valence-corrected chi connectivity index (χ4v) is 4.06. The Balaban J connectivity index is 1.47. The number of fused-ring (bicyclic) bond motifs is 1. The van der Waals surface area contributed by atoms with Crippen LogP contribution >= 0.6 is 11.3 Å². The van der Waals surface area contributed by atoms with Crippen LogP contribution in [0.1, 0.15) is 32.1 Å². The van der Waals surface area contributed by atoms with Gasteiger partial charge in [-0.05, 0) is 43.2 Å². The number of nitrogens with zero attached hydrogens (tertiary/aromatic N) is 5. The van der Waals surface area contributed by atoms with E-state index in [1.54, 1.807) is 6.07 Å². The molecule has 10 nitrogen and oxygen atoms in total. The summed E-state index contributed by atoms with van der Waals surface area (Å²) in [7, 11) is 1.93. The number of hydrogen-bond acceptors (Lipinski definition) is 9. The minimum atomic E-state index is -0.437. The average Bonchev–Trinajstić information content (AvgIpc) is 3.26. The van der Waals surface area contributed by atoms with Gasteiger partial charge in [0.15, 0.2) is 0 Å². The van der Waals surface area contributed by atoms with E-state index in [2.05, 4.69) is 20.5 Å². The van der Waals surface area contributed by atoms with E-state index in [0.29, 0.717) is 40.5 Å². The van der Waals surface area contributed by atoms with E-state index in [1.165, 1.54) is 23.5 Å². The van der Waals surface area contributed by atoms with Gasteiger partial charge in [0.05, 0.1) is 20.8 Å². The number of non-ortho nitro benzene ring substituents is 1. The van der Waals surface area contributed by atoms with Gasteiger partial charge in [-0.3, -0.25) is 14.9 Å². The number of amides is 1. The zero-order valence-corrected chi connectivity index (χ0v) is 19.8. The first-order valence-electron chi connectivity index (χ1n) is 11.1. The first-order valence-corrected chi connectivity index (χ1v) is 11.9. The number of azo groups is 1. The van der Waals surface area contributed by atoms with E-state index in [-0.39, 0.29) is 18.2 Å². The molecule has 2 N–H and O–H groups in total. The van der Waals surface area contributed by atoms with Crippen molar-refractivity contribution in [1.82, 2.24) is 10.3 Å². The highest BCUT2D eigenvalue weighted by Crippen LogP contribution is 2.32. The van der Waals surface area contributed by atoms with Gasteiger partial charge in [-0.25, -0.2) is 4.98 Å². The highest BCUT2D eigenvalue weighted by molar-refractivity contribution is 7.21. The number of aromatic nitrogens is 1. The number of nitrogens with one attached hydrogen (secondary N) is 1. The fourth-order valence-electron chi connectivity index (χ4n) is 3.24. The molecule has 180 valence electrons. The molecule has 0 saturated carbocycles. The lowest BCUT2D eigenvalue weighted by atomic mass is 10.2. The van der Waals surface area contributed by atoms with Crippen molar-refractivity contribution in [2.24, 2.45) is 10.2 Å². The second-order valence-corrected chi connectivity index (χ2v) is 8.79. The smallest absolute Gasteiger partial charge is 0.270 e. The largest absolute Gasteiger partial charge is 0.396 e. The predicted molar refractivity (Wildman–Crippen MR) is 133 cm³/mol. The SMILES string of the molecule is CN(CCC(=O)NCCCCCCO)c1ccc(N=Nc2nc3ccc([N+](=O)[O-])cc3s2)cc1. The van der Waals surface area contributed by atoms with Gasteiger partial charge in [0.25, 0.3) is 5.69 Å². The number of anilines is 1. The van der Waals surface area contributed by atoms with Crippen LogP contribution in [0.15, 0.2) is 52.7 Å². The van der Waals surface area contributed by atoms with E-state index in [0.717, 1.165) is 31.4 Å². The van der Waals surface area contributed by atoms with Gasteiger partial charge >= 0.3 is 0 Å². The third-order valence-corrected chi connectivity index (χ3v) is 6.10. The van der Waals surface area contributed by atoms with E-state index >= 15 is 0 Å². The van der Waals surface area contributed by atoms with Gasteiger partial charge in [-0.1, -0.05) is 24.2 Å². The van der Waals surface area contributed by atoms with Crippen LogP contribution in [0.3, 0.4) is 0 Å². The number of rotatable bonds is 13. The molecule has 0 unspecified atom stereocenters. The zero-order chi connectivity index (χ0) is 24.3. The molecular weight excluding hydrogens is 456 g/mol. The lowest BCUT2D eigenvalue weighted by Crippen LogP contribution is -2.29. The van der Waals surface area contributed by atoms with E-state index < -0.39 is 4.92 Å². The molecule has 0 saturated heterocycles. The highest BCUT2D eigenvalue weighted by atomic mass is 32.1. The monoisotopic (exact) mass is 484 g/mol. The number of thiazole rings is 1. The summed E-state index contributed by atoms with van der Waals surface area (Å²) in [5.74, 6) is 0.0283. The molecule has 1 aromatic heterocycles. The minimum Gasteiger partial charge on any atom is -0.396 e. The number of aliphatic hydroxyl groups is 1. The number of nitro groups is 1. The summed E-state index contributed by atoms with van der Waals surface area (Å²) >= 11 is 1.24. The lowest BCUT2D eigenvalue weighted by Gasteiger charge is -2.19. The molecule has 0 spiro atoms. The molecular formula is C23H28N6O4S. The summed E-state index contributed by atoms with van der Waals surface area (Å²) in [5.41, 5.74) is 2.28. The standard InChI is InChI=1S/C23H28N6O4S/c1-28(14-12-22(31)24-13-4-2-3-5-15-30)18-8-6-17(7-9-18)26-27-23-25-20-11-10-19(29(32)33)16-21(20)34-23/h6-11,16,30H,2-5,12-15H2,1H3,(H,24,31). The minimum absolute atomic E-state index is 0.0195. The van der Waals surface area contributed by atoms with Crippen LogP contribution in [0, 0.1) is 10.1 Å². The van der Waals surface area contributed by atoms with Gasteiger partial charge in [0, 0.05) is 51.0 Å². The van der Waals surface area contributed by atoms with Crippen molar-refractivity contribution in [3.8, 4) is 0 Å². The van der Waals surface area contributed by atoms with Crippen LogP contribution in [-0.2, 0) is 4.79 Å². The molecule has 3 aromatic rings. The first kappa shape index (κ1) is 25.2. The van der Waals surface area contributed by atoms with Crippen LogP contribution in [0.25, 0.3) is 10.2 Å². The number of carbonyl (C=O) groups excluding carboxylic acids is 1. The fraction of sp³-hybridized carbons (Fsp3) is 0.391. The van der Waals surface area contributed by atoms with Gasteiger partial charge in [0.2, 0.25) is 11.0 Å². The van der Waals surface area contributed by atoms with Gasteiger partial charge in [0.1, 0.15) is 0 Å². The Bertz CT molecular complexity index is 1130. The molecule has 0 fully saturated rings. The summed E-state index contributed by atoms with van der Waals surface area (Å²) in [6, 6.07) is 12.0. The summed E-state index contributed by atoms with van der Waals surface area (Å²) in [5, 5.41) is 31.4. The Hall–Kier alpha value is -3.44. The van der Waals surface area contributed by atoms with E-state index in [4.69, 9.17) is 5.11 Å². The van der Waals surface area contributed by atoms with Crippen molar-refractivity contribution in [1.29, 1.82) is 0 Å². The van der Waals surface area contributed by atoms with Gasteiger partial charge in [-0.2, -0.15) is 0 Å². The van der Waals surface area contributed by atoms with Crippen molar-refractivity contribution < 1.29 is 14.8 Å². The summed E-state index contributed by atoms with van der Waals surface area (Å²) < 4.78 is 0.686. The maximum absolute atomic E-state index is 12.0. The first-order chi connectivity index (χ1) is 16.5. The van der Waals surface area contributed by atoms with Crippen LogP contribution in [0.4, 0.5) is 22.2 Å². The van der Waals surface area contributed by atoms with Crippen LogP contribution in [0.2, 0.25) is 0 Å². The normalized spacial score (nSPS) is 11.2. The average molecular weight is 485 g/mol. The molecule has 1 heterocycles. The van der Waals surface area contributed by atoms with E-state index in [9.17, 15) is 14.9 Å². The van der Waals surface area contributed by atoms with Crippen molar-refractivity contribution >= 4 is 49.7 Å². The maximum atomic E-state index is 12.0. The molecule has 0 atom stereocenters. The van der Waals surface area contributed by atoms with Crippen LogP contribution in [-0.4, -0.2) is 47.7 Å². The van der Waals surface area contributed by atoms with E-state index in [1.807, 2.05) is 36.2 Å². The Labute approximate surface area is 201 Å². The molecule has 1 amide bonds. The van der Waals surface area contributed by atoms with Gasteiger partial charge in [-0.15, -0.1) is 10.2 Å². The topological polar surface area (TPSA) is 133 Å². The number of benzene rings is 2. The second kappa shape index (κ2) is 12.7. The van der Waals surface area contributed by atoms with Crippen LogP contribution in [0.5, 0.6) is 0 Å². The summed E-state index contributed by atoms with van der Waals surface area (Å²) in [6.07, 6.45) is 4.13. The van der Waals surface area contributed by atoms with Crippen molar-refractivity contribution in [2.45, 2.75) is 32.1 Å². The van der Waals surface area contributed by atoms with Crippen molar-refractivity contribution in [3.05, 3.63) is 52.6 Å². The third-order valence-electron chi connectivity index (χ3n) is 5.19. The Morgan fingerprint density at radius 2 is 1.91 bits per heavy atom. The summed E-state index contributed by atoms with van der Waals surface area (Å²) in [6.45, 7) is 1.48. The molecule has 0 aliphatic heterocycles. The Kier molecular flexibility index (Phi) is 9.41. The molecule has 2 aromatic carbocycles. The molecule has 0 aliphatic carbocycles. The Morgan fingerprint density at radius 1 is 1.15 bits per heavy atom. The predicted octanol–water partition coefficient (Wildman–Crippen LogP) is 5.12. The number of unbranched alkanes of at least 4 members (excludes halogenated alkanes) is 3. The second-order valence-electron chi connectivity index (χ2n) is 7.78. The number of aliphatic hydroxyl groups excluding tert-OH is 1.